The van der Waals surface area contributed by atoms with Crippen molar-refractivity contribution in [1.82, 2.24) is 5.32 Å². The highest BCUT2D eigenvalue weighted by atomic mass is 32.2. The first-order chi connectivity index (χ1) is 15.7. The number of hydrogen-bond acceptors (Lipinski definition) is 4. The summed E-state index contributed by atoms with van der Waals surface area (Å²) >= 11 is 0. The summed E-state index contributed by atoms with van der Waals surface area (Å²) in [6.07, 6.45) is -0.492. The lowest BCUT2D eigenvalue weighted by molar-refractivity contribution is -0.127. The molecular formula is C25H25FN2O4S. The molecule has 8 heteroatoms. The van der Waals surface area contributed by atoms with Gasteiger partial charge in [0.05, 0.1) is 17.1 Å². The van der Waals surface area contributed by atoms with E-state index < -0.39 is 22.0 Å². The molecule has 0 radical (unpaired) electrons. The van der Waals surface area contributed by atoms with Crippen molar-refractivity contribution >= 4 is 21.6 Å². The van der Waals surface area contributed by atoms with Crippen LogP contribution in [-0.4, -0.2) is 33.5 Å². The maximum Gasteiger partial charge on any atom is 0.264 e. The Bertz CT molecular complexity index is 1260. The molecule has 6 nitrogen and oxygen atoms in total. The number of anilines is 1. The zero-order chi connectivity index (χ0) is 23.6. The van der Waals surface area contributed by atoms with Crippen molar-refractivity contribution in [3.63, 3.8) is 0 Å². The van der Waals surface area contributed by atoms with Gasteiger partial charge in [-0.2, -0.15) is 0 Å². The van der Waals surface area contributed by atoms with Gasteiger partial charge in [0, 0.05) is 6.54 Å². The number of carbonyl (C=O) groups excluding carboxylic acids is 1. The van der Waals surface area contributed by atoms with E-state index in [1.807, 2.05) is 19.9 Å². The lowest BCUT2D eigenvalue weighted by Gasteiger charge is -2.35. The van der Waals surface area contributed by atoms with E-state index in [9.17, 15) is 17.6 Å². The van der Waals surface area contributed by atoms with Crippen molar-refractivity contribution < 1.29 is 22.3 Å². The molecule has 1 atom stereocenters. The van der Waals surface area contributed by atoms with Crippen LogP contribution in [0.3, 0.4) is 0 Å². The van der Waals surface area contributed by atoms with Crippen molar-refractivity contribution in [1.29, 1.82) is 0 Å². The smallest absolute Gasteiger partial charge is 0.264 e. The number of hydrogen-bond donors (Lipinski definition) is 1. The molecule has 0 spiro atoms. The molecule has 3 aromatic rings. The van der Waals surface area contributed by atoms with Crippen LogP contribution in [0.4, 0.5) is 10.1 Å². The summed E-state index contributed by atoms with van der Waals surface area (Å²) in [6, 6.07) is 17.9. The van der Waals surface area contributed by atoms with Gasteiger partial charge in [0.25, 0.3) is 15.9 Å². The first-order valence-corrected chi connectivity index (χ1v) is 12.1. The van der Waals surface area contributed by atoms with Crippen LogP contribution in [0, 0.1) is 19.7 Å². The van der Waals surface area contributed by atoms with Crippen molar-refractivity contribution in [3.05, 3.63) is 89.2 Å². The monoisotopic (exact) mass is 468 g/mol. The number of carbonyl (C=O) groups is 1. The largest absolute Gasteiger partial charge is 0.476 e. The maximum absolute atomic E-state index is 13.5. The summed E-state index contributed by atoms with van der Waals surface area (Å²) < 4.78 is 47.1. The van der Waals surface area contributed by atoms with E-state index in [1.54, 1.807) is 48.5 Å². The molecule has 1 aliphatic rings. The Morgan fingerprint density at radius 2 is 1.70 bits per heavy atom. The number of benzene rings is 3. The molecule has 0 unspecified atom stereocenters. The molecule has 33 heavy (non-hydrogen) atoms. The lowest BCUT2D eigenvalue weighted by Crippen LogP contribution is -2.51. The van der Waals surface area contributed by atoms with Gasteiger partial charge in [-0.25, -0.2) is 12.8 Å². The molecule has 1 amide bonds. The number of ether oxygens (including phenoxy) is 1. The van der Waals surface area contributed by atoms with Gasteiger partial charge in [0.15, 0.2) is 6.10 Å². The number of aryl methyl sites for hydroxylation is 2. The third-order valence-electron chi connectivity index (χ3n) is 5.51. The Morgan fingerprint density at radius 1 is 1.03 bits per heavy atom. The van der Waals surface area contributed by atoms with E-state index in [0.29, 0.717) is 24.4 Å². The van der Waals surface area contributed by atoms with E-state index in [4.69, 9.17) is 4.74 Å². The van der Waals surface area contributed by atoms with E-state index in [1.165, 1.54) is 16.4 Å². The van der Waals surface area contributed by atoms with Gasteiger partial charge in [0.2, 0.25) is 0 Å². The molecule has 3 aromatic carbocycles. The van der Waals surface area contributed by atoms with E-state index in [-0.39, 0.29) is 17.3 Å². The lowest BCUT2D eigenvalue weighted by atomic mass is 10.1. The van der Waals surface area contributed by atoms with Crippen LogP contribution in [0.25, 0.3) is 0 Å². The fourth-order valence-electron chi connectivity index (χ4n) is 3.66. The first-order valence-electron chi connectivity index (χ1n) is 10.6. The Kier molecular flexibility index (Phi) is 6.37. The molecule has 0 bridgehead atoms. The normalized spacial score (nSPS) is 15.5. The Labute approximate surface area is 193 Å². The fraction of sp³-hybridized carbons (Fsp3) is 0.240. The molecule has 0 fully saturated rings. The minimum absolute atomic E-state index is 0.144. The molecule has 1 heterocycles. The van der Waals surface area contributed by atoms with Crippen molar-refractivity contribution in [2.75, 3.05) is 17.4 Å². The number of rotatable bonds is 6. The standard InChI is InChI=1S/C25H25FN2O4S/c1-17-3-10-21(11-4-17)33(30,31)28-16-24(32-23-12-5-18(2)15-22(23)28)25(29)27-14-13-19-6-8-20(26)9-7-19/h3-12,15,24H,13-14,16H2,1-2H3,(H,27,29)/t24-/m0/s1. The zero-order valence-corrected chi connectivity index (χ0v) is 19.2. The van der Waals surface area contributed by atoms with Gasteiger partial charge in [0.1, 0.15) is 11.6 Å². The summed E-state index contributed by atoms with van der Waals surface area (Å²) in [5.74, 6) is -0.393. The van der Waals surface area contributed by atoms with Crippen LogP contribution < -0.4 is 14.4 Å². The molecule has 1 aliphatic heterocycles. The number of sulfonamides is 1. The summed E-state index contributed by atoms with van der Waals surface area (Å²) in [4.78, 5) is 13.0. The quantitative estimate of drug-likeness (QED) is 0.598. The first kappa shape index (κ1) is 22.8. The van der Waals surface area contributed by atoms with Crippen LogP contribution >= 0.6 is 0 Å². The van der Waals surface area contributed by atoms with Gasteiger partial charge in [-0.15, -0.1) is 0 Å². The summed E-state index contributed by atoms with van der Waals surface area (Å²) in [6.45, 7) is 3.92. The zero-order valence-electron chi connectivity index (χ0n) is 18.4. The molecule has 0 aliphatic carbocycles. The average Bonchev–Trinajstić information content (AvgIpc) is 2.80. The predicted molar refractivity (Wildman–Crippen MR) is 124 cm³/mol. The summed E-state index contributed by atoms with van der Waals surface area (Å²) in [5.41, 5.74) is 3.12. The van der Waals surface area contributed by atoms with Crippen LogP contribution in [0.5, 0.6) is 5.75 Å². The topological polar surface area (TPSA) is 75.7 Å². The highest BCUT2D eigenvalue weighted by Crippen LogP contribution is 2.37. The molecule has 172 valence electrons. The summed E-state index contributed by atoms with van der Waals surface area (Å²) in [5, 5.41) is 2.80. The Balaban J connectivity index is 1.55. The van der Waals surface area contributed by atoms with Gasteiger partial charge >= 0.3 is 0 Å². The van der Waals surface area contributed by atoms with Crippen molar-refractivity contribution in [3.8, 4) is 5.75 Å². The molecule has 4 rings (SSSR count). The predicted octanol–water partition coefficient (Wildman–Crippen LogP) is 3.76. The third-order valence-corrected chi connectivity index (χ3v) is 7.31. The second kappa shape index (κ2) is 9.23. The highest BCUT2D eigenvalue weighted by molar-refractivity contribution is 7.92. The Morgan fingerprint density at radius 3 is 2.39 bits per heavy atom. The second-order valence-corrected chi connectivity index (χ2v) is 9.96. The summed E-state index contributed by atoms with van der Waals surface area (Å²) in [7, 11) is -3.91. The Hall–Kier alpha value is -3.39. The average molecular weight is 469 g/mol. The number of amides is 1. The van der Waals surface area contributed by atoms with Gasteiger partial charge in [-0.05, 0) is 67.8 Å². The SMILES string of the molecule is Cc1ccc(S(=O)(=O)N2C[C@@H](C(=O)NCCc3ccc(F)cc3)Oc3ccc(C)cc32)cc1. The van der Waals surface area contributed by atoms with Crippen LogP contribution in [0.15, 0.2) is 71.6 Å². The van der Waals surface area contributed by atoms with E-state index >= 15 is 0 Å². The minimum Gasteiger partial charge on any atom is -0.476 e. The van der Waals surface area contributed by atoms with Crippen LogP contribution in [0.2, 0.25) is 0 Å². The number of nitrogens with one attached hydrogen (secondary N) is 1. The van der Waals surface area contributed by atoms with Gasteiger partial charge in [-0.1, -0.05) is 35.9 Å². The van der Waals surface area contributed by atoms with E-state index in [0.717, 1.165) is 16.7 Å². The molecule has 0 saturated heterocycles. The number of fused-ring (bicyclic) bond motifs is 1. The van der Waals surface area contributed by atoms with Crippen molar-refractivity contribution in [2.24, 2.45) is 0 Å². The van der Waals surface area contributed by atoms with E-state index in [2.05, 4.69) is 5.32 Å². The molecular weight excluding hydrogens is 443 g/mol. The van der Waals surface area contributed by atoms with Gasteiger partial charge in [-0.3, -0.25) is 9.10 Å². The molecule has 0 aromatic heterocycles. The maximum atomic E-state index is 13.5. The fourth-order valence-corrected chi connectivity index (χ4v) is 5.13. The second-order valence-electron chi connectivity index (χ2n) is 8.09. The highest BCUT2D eigenvalue weighted by Gasteiger charge is 2.37. The molecule has 1 N–H and O–H groups in total. The van der Waals surface area contributed by atoms with Crippen LogP contribution in [0.1, 0.15) is 16.7 Å². The third kappa shape index (κ3) is 5.01. The van der Waals surface area contributed by atoms with Crippen LogP contribution in [-0.2, 0) is 21.2 Å². The van der Waals surface area contributed by atoms with Crippen molar-refractivity contribution in [2.45, 2.75) is 31.3 Å². The van der Waals surface area contributed by atoms with Gasteiger partial charge < -0.3 is 10.1 Å². The minimum atomic E-state index is -3.91. The number of nitrogens with zero attached hydrogens (tertiary/aromatic N) is 1. The molecule has 0 saturated carbocycles. The number of halogens is 1.